The van der Waals surface area contributed by atoms with Gasteiger partial charge in [0, 0.05) is 31.5 Å². The van der Waals surface area contributed by atoms with E-state index in [0.717, 1.165) is 18.2 Å². The second-order valence-corrected chi connectivity index (χ2v) is 5.21. The molecule has 0 aromatic heterocycles. The average molecular weight is 317 g/mol. The number of amides is 1. The SMILES string of the molecule is O=C(c1cccc(C(F)(F)F)c1)N1CCC(O)(C(=O)O)CC1. The van der Waals surface area contributed by atoms with Gasteiger partial charge in [-0.05, 0) is 18.2 Å². The molecule has 0 radical (unpaired) electrons. The second-order valence-electron chi connectivity index (χ2n) is 5.21. The van der Waals surface area contributed by atoms with Crippen LogP contribution in [0.2, 0.25) is 0 Å². The van der Waals surface area contributed by atoms with Gasteiger partial charge < -0.3 is 15.1 Å². The van der Waals surface area contributed by atoms with Crippen LogP contribution in [0.4, 0.5) is 13.2 Å². The van der Waals surface area contributed by atoms with Gasteiger partial charge in [-0.2, -0.15) is 13.2 Å². The molecule has 0 atom stereocenters. The molecule has 5 nitrogen and oxygen atoms in total. The van der Waals surface area contributed by atoms with Gasteiger partial charge >= 0.3 is 12.1 Å². The number of carboxylic acid groups (broad SMARTS) is 1. The van der Waals surface area contributed by atoms with Crippen LogP contribution in [0.25, 0.3) is 0 Å². The third kappa shape index (κ3) is 3.22. The summed E-state index contributed by atoms with van der Waals surface area (Å²) in [5, 5.41) is 18.7. The minimum Gasteiger partial charge on any atom is -0.479 e. The zero-order valence-corrected chi connectivity index (χ0v) is 11.4. The third-order valence-electron chi connectivity index (χ3n) is 3.71. The maximum atomic E-state index is 12.6. The molecule has 1 heterocycles. The van der Waals surface area contributed by atoms with E-state index in [0.29, 0.717) is 0 Å². The number of carboxylic acids is 1. The molecule has 0 aliphatic carbocycles. The van der Waals surface area contributed by atoms with E-state index in [9.17, 15) is 27.9 Å². The van der Waals surface area contributed by atoms with Crippen LogP contribution in [0.15, 0.2) is 24.3 Å². The normalized spacial score (nSPS) is 18.1. The lowest BCUT2D eigenvalue weighted by Crippen LogP contribution is -2.50. The molecule has 1 aliphatic heterocycles. The van der Waals surface area contributed by atoms with E-state index in [4.69, 9.17) is 5.11 Å². The van der Waals surface area contributed by atoms with Gasteiger partial charge in [-0.15, -0.1) is 0 Å². The van der Waals surface area contributed by atoms with Crippen molar-refractivity contribution in [2.75, 3.05) is 13.1 Å². The largest absolute Gasteiger partial charge is 0.479 e. The second kappa shape index (κ2) is 5.60. The molecule has 1 fully saturated rings. The van der Waals surface area contributed by atoms with Crippen molar-refractivity contribution in [1.29, 1.82) is 0 Å². The summed E-state index contributed by atoms with van der Waals surface area (Å²) in [7, 11) is 0. The van der Waals surface area contributed by atoms with Crippen LogP contribution in [-0.4, -0.2) is 45.7 Å². The highest BCUT2D eigenvalue weighted by Crippen LogP contribution is 2.30. The number of carbonyl (C=O) groups excluding carboxylic acids is 1. The highest BCUT2D eigenvalue weighted by molar-refractivity contribution is 5.94. The number of benzene rings is 1. The van der Waals surface area contributed by atoms with Crippen LogP contribution in [0.5, 0.6) is 0 Å². The van der Waals surface area contributed by atoms with Crippen molar-refractivity contribution in [3.8, 4) is 0 Å². The molecule has 0 bridgehead atoms. The Kier molecular flexibility index (Phi) is 4.15. The molecule has 8 heteroatoms. The Labute approximate surface area is 124 Å². The molecule has 1 aromatic rings. The van der Waals surface area contributed by atoms with Gasteiger partial charge in [-0.25, -0.2) is 4.79 Å². The third-order valence-corrected chi connectivity index (χ3v) is 3.71. The molecule has 0 unspecified atom stereocenters. The summed E-state index contributed by atoms with van der Waals surface area (Å²) < 4.78 is 37.9. The molecule has 0 spiro atoms. The lowest BCUT2D eigenvalue weighted by atomic mass is 9.91. The molecular formula is C14H14F3NO4. The smallest absolute Gasteiger partial charge is 0.416 e. The van der Waals surface area contributed by atoms with Crippen LogP contribution in [-0.2, 0) is 11.0 Å². The molecule has 1 saturated heterocycles. The van der Waals surface area contributed by atoms with Crippen LogP contribution in [0, 0.1) is 0 Å². The van der Waals surface area contributed by atoms with E-state index in [1.165, 1.54) is 11.0 Å². The van der Waals surface area contributed by atoms with Gasteiger partial charge in [0.2, 0.25) is 0 Å². The number of halogens is 3. The van der Waals surface area contributed by atoms with Gasteiger partial charge in [0.25, 0.3) is 5.91 Å². The summed E-state index contributed by atoms with van der Waals surface area (Å²) in [6, 6.07) is 4.06. The van der Waals surface area contributed by atoms with Gasteiger partial charge in [0.15, 0.2) is 5.60 Å². The summed E-state index contributed by atoms with van der Waals surface area (Å²) in [6.07, 6.45) is -4.86. The van der Waals surface area contributed by atoms with Crippen molar-refractivity contribution in [3.05, 3.63) is 35.4 Å². The first-order chi connectivity index (χ1) is 10.1. The van der Waals surface area contributed by atoms with E-state index < -0.39 is 29.2 Å². The van der Waals surface area contributed by atoms with Crippen molar-refractivity contribution >= 4 is 11.9 Å². The predicted octanol–water partition coefficient (Wildman–Crippen LogP) is 1.76. The van der Waals surface area contributed by atoms with E-state index in [2.05, 4.69) is 0 Å². The molecule has 1 aliphatic rings. The lowest BCUT2D eigenvalue weighted by Gasteiger charge is -2.35. The van der Waals surface area contributed by atoms with E-state index in [1.54, 1.807) is 0 Å². The number of piperidine rings is 1. The van der Waals surface area contributed by atoms with Gasteiger partial charge in [0.05, 0.1) is 5.56 Å². The standard InChI is InChI=1S/C14H14F3NO4/c15-14(16,17)10-3-1-2-9(8-10)11(19)18-6-4-13(22,5-7-18)12(20)21/h1-3,8,22H,4-7H2,(H,20,21). The molecular weight excluding hydrogens is 303 g/mol. The Morgan fingerprint density at radius 2 is 1.77 bits per heavy atom. The number of aliphatic carboxylic acids is 1. The van der Waals surface area contributed by atoms with E-state index in [1.807, 2.05) is 0 Å². The number of alkyl halides is 3. The average Bonchev–Trinajstić information content (AvgIpc) is 2.46. The molecule has 2 N–H and O–H groups in total. The number of hydrogen-bond donors (Lipinski definition) is 2. The van der Waals surface area contributed by atoms with Crippen LogP contribution < -0.4 is 0 Å². The van der Waals surface area contributed by atoms with Crippen molar-refractivity contribution in [3.63, 3.8) is 0 Å². The summed E-state index contributed by atoms with van der Waals surface area (Å²) >= 11 is 0. The fourth-order valence-electron chi connectivity index (χ4n) is 2.30. The Morgan fingerprint density at radius 3 is 2.27 bits per heavy atom. The van der Waals surface area contributed by atoms with Crippen molar-refractivity contribution < 1.29 is 33.0 Å². The lowest BCUT2D eigenvalue weighted by molar-refractivity contribution is -0.162. The van der Waals surface area contributed by atoms with Crippen LogP contribution in [0.1, 0.15) is 28.8 Å². The molecule has 2 rings (SSSR count). The topological polar surface area (TPSA) is 77.8 Å². The first kappa shape index (κ1) is 16.3. The summed E-state index contributed by atoms with van der Waals surface area (Å²) in [6.45, 7) is -0.0598. The summed E-state index contributed by atoms with van der Waals surface area (Å²) in [4.78, 5) is 24.3. The number of aliphatic hydroxyl groups is 1. The summed E-state index contributed by atoms with van der Waals surface area (Å²) in [5.41, 5.74) is -2.92. The Hall–Kier alpha value is -2.09. The fourth-order valence-corrected chi connectivity index (χ4v) is 2.30. The maximum absolute atomic E-state index is 12.6. The highest BCUT2D eigenvalue weighted by atomic mass is 19.4. The first-order valence-electron chi connectivity index (χ1n) is 6.56. The number of nitrogens with zero attached hydrogens (tertiary/aromatic N) is 1. The fraction of sp³-hybridized carbons (Fsp3) is 0.429. The van der Waals surface area contributed by atoms with Crippen molar-refractivity contribution in [2.45, 2.75) is 24.6 Å². The van der Waals surface area contributed by atoms with Crippen LogP contribution >= 0.6 is 0 Å². The van der Waals surface area contributed by atoms with Crippen molar-refractivity contribution in [1.82, 2.24) is 4.90 Å². The van der Waals surface area contributed by atoms with E-state index in [-0.39, 0.29) is 31.5 Å². The van der Waals surface area contributed by atoms with Gasteiger partial charge in [-0.3, -0.25) is 4.79 Å². The summed E-state index contributed by atoms with van der Waals surface area (Å²) in [5.74, 6) is -1.97. The Bertz CT molecular complexity index is 592. The number of likely N-dealkylation sites (tertiary alicyclic amines) is 1. The Morgan fingerprint density at radius 1 is 1.18 bits per heavy atom. The first-order valence-corrected chi connectivity index (χ1v) is 6.56. The van der Waals surface area contributed by atoms with Crippen molar-refractivity contribution in [2.24, 2.45) is 0 Å². The monoisotopic (exact) mass is 317 g/mol. The maximum Gasteiger partial charge on any atom is 0.416 e. The quantitative estimate of drug-likeness (QED) is 0.871. The molecule has 0 saturated carbocycles. The molecule has 22 heavy (non-hydrogen) atoms. The molecule has 1 aromatic carbocycles. The minimum atomic E-state index is -4.54. The number of carbonyl (C=O) groups is 2. The number of rotatable bonds is 2. The zero-order chi connectivity index (χ0) is 16.5. The minimum absolute atomic E-state index is 0.0299. The van der Waals surface area contributed by atoms with Crippen LogP contribution in [0.3, 0.4) is 0 Å². The Balaban J connectivity index is 2.12. The number of hydrogen-bond acceptors (Lipinski definition) is 3. The predicted molar refractivity (Wildman–Crippen MR) is 69.2 cm³/mol. The van der Waals surface area contributed by atoms with Gasteiger partial charge in [0.1, 0.15) is 0 Å². The zero-order valence-electron chi connectivity index (χ0n) is 11.4. The highest BCUT2D eigenvalue weighted by Gasteiger charge is 2.40. The molecule has 1 amide bonds. The van der Waals surface area contributed by atoms with E-state index >= 15 is 0 Å². The molecule has 120 valence electrons. The van der Waals surface area contributed by atoms with Gasteiger partial charge in [-0.1, -0.05) is 6.07 Å².